The molecule has 20 heavy (non-hydrogen) atoms. The average Bonchev–Trinajstić information content (AvgIpc) is 2.97. The number of carbonyl (C=O) groups is 1. The number of hydrogen-bond donors (Lipinski definition) is 2. The molecule has 0 fully saturated rings. The summed E-state index contributed by atoms with van der Waals surface area (Å²) in [4.78, 5) is 12.0. The monoisotopic (exact) mass is 275 g/mol. The number of carbonyl (C=O) groups excluding carboxylic acids is 1. The molecule has 106 valence electrons. The lowest BCUT2D eigenvalue weighted by Crippen LogP contribution is -2.40. The van der Waals surface area contributed by atoms with Gasteiger partial charge in [-0.3, -0.25) is 4.79 Å². The molecule has 1 atom stereocenters. The van der Waals surface area contributed by atoms with Gasteiger partial charge in [0.05, 0.1) is 24.9 Å². The molecule has 6 nitrogen and oxygen atoms in total. The molecule has 1 aromatic heterocycles. The Balaban J connectivity index is 2.07. The van der Waals surface area contributed by atoms with Crippen molar-refractivity contribution in [2.45, 2.75) is 6.04 Å². The number of nitrogens with zero attached hydrogens (tertiary/aromatic N) is 2. The van der Waals surface area contributed by atoms with E-state index in [1.54, 1.807) is 16.9 Å². The van der Waals surface area contributed by atoms with Crippen LogP contribution in [0.5, 0.6) is 0 Å². The van der Waals surface area contributed by atoms with Crippen LogP contribution in [0.3, 0.4) is 0 Å². The number of nitrogens with one attached hydrogen (secondary N) is 1. The van der Waals surface area contributed by atoms with Crippen LogP contribution in [0.25, 0.3) is 5.69 Å². The van der Waals surface area contributed by atoms with E-state index in [2.05, 4.69) is 10.4 Å². The van der Waals surface area contributed by atoms with Gasteiger partial charge >= 0.3 is 0 Å². The van der Waals surface area contributed by atoms with Gasteiger partial charge in [0.2, 0.25) is 0 Å². The Morgan fingerprint density at radius 1 is 1.40 bits per heavy atom. The zero-order valence-corrected chi connectivity index (χ0v) is 11.2. The minimum atomic E-state index is -0.436. The Morgan fingerprint density at radius 2 is 2.15 bits per heavy atom. The van der Waals surface area contributed by atoms with Crippen LogP contribution in [0, 0.1) is 0 Å². The molecule has 0 saturated heterocycles. The number of aliphatic hydroxyl groups excluding tert-OH is 1. The molecule has 0 radical (unpaired) electrons. The molecule has 1 aromatic carbocycles. The second-order valence-electron chi connectivity index (χ2n) is 4.29. The number of ether oxygens (including phenoxy) is 1. The Morgan fingerprint density at radius 3 is 2.80 bits per heavy atom. The van der Waals surface area contributed by atoms with Crippen LogP contribution in [0.15, 0.2) is 42.6 Å². The molecule has 1 heterocycles. The van der Waals surface area contributed by atoms with E-state index < -0.39 is 6.04 Å². The Labute approximate surface area is 117 Å². The van der Waals surface area contributed by atoms with Gasteiger partial charge in [-0.15, -0.1) is 0 Å². The first-order valence-corrected chi connectivity index (χ1v) is 6.26. The predicted molar refractivity (Wildman–Crippen MR) is 73.8 cm³/mol. The molecule has 1 amide bonds. The Hall–Kier alpha value is -2.18. The molecular formula is C14H17N3O3. The van der Waals surface area contributed by atoms with E-state index in [-0.39, 0.29) is 19.1 Å². The minimum Gasteiger partial charge on any atom is -0.394 e. The van der Waals surface area contributed by atoms with Gasteiger partial charge in [-0.1, -0.05) is 18.2 Å². The number of aliphatic hydroxyl groups is 1. The topological polar surface area (TPSA) is 76.4 Å². The van der Waals surface area contributed by atoms with Crippen LogP contribution in [0.1, 0.15) is 10.5 Å². The molecule has 0 saturated carbocycles. The van der Waals surface area contributed by atoms with Gasteiger partial charge in [0.1, 0.15) is 0 Å². The molecule has 2 aromatic rings. The van der Waals surface area contributed by atoms with Crippen molar-refractivity contribution < 1.29 is 14.6 Å². The summed E-state index contributed by atoms with van der Waals surface area (Å²) in [7, 11) is 1.51. The van der Waals surface area contributed by atoms with Crippen molar-refractivity contribution in [3.63, 3.8) is 0 Å². The fourth-order valence-corrected chi connectivity index (χ4v) is 1.77. The van der Waals surface area contributed by atoms with Gasteiger partial charge in [-0.05, 0) is 18.2 Å². The van der Waals surface area contributed by atoms with E-state index in [0.29, 0.717) is 5.69 Å². The summed E-state index contributed by atoms with van der Waals surface area (Å²) in [6.45, 7) is 0.0700. The zero-order valence-electron chi connectivity index (χ0n) is 11.2. The molecule has 0 aliphatic heterocycles. The first-order valence-electron chi connectivity index (χ1n) is 6.26. The van der Waals surface area contributed by atoms with Crippen LogP contribution in [0.4, 0.5) is 0 Å². The van der Waals surface area contributed by atoms with Crippen molar-refractivity contribution in [2.24, 2.45) is 0 Å². The van der Waals surface area contributed by atoms with E-state index in [9.17, 15) is 4.79 Å². The van der Waals surface area contributed by atoms with Crippen LogP contribution in [0.2, 0.25) is 0 Å². The third kappa shape index (κ3) is 3.43. The van der Waals surface area contributed by atoms with Crippen LogP contribution in [-0.4, -0.2) is 47.2 Å². The first kappa shape index (κ1) is 14.2. The summed E-state index contributed by atoms with van der Waals surface area (Å²) in [5, 5.41) is 16.0. The highest BCUT2D eigenvalue weighted by atomic mass is 16.5. The summed E-state index contributed by atoms with van der Waals surface area (Å²) in [6.07, 6.45) is 1.72. The van der Waals surface area contributed by atoms with Gasteiger partial charge in [-0.25, -0.2) is 4.68 Å². The average molecular weight is 275 g/mol. The van der Waals surface area contributed by atoms with E-state index in [4.69, 9.17) is 9.84 Å². The van der Waals surface area contributed by atoms with Crippen molar-refractivity contribution in [3.05, 3.63) is 48.3 Å². The highest BCUT2D eigenvalue weighted by molar-refractivity contribution is 5.92. The maximum atomic E-state index is 12.0. The predicted octanol–water partition coefficient (Wildman–Crippen LogP) is 0.609. The number of benzene rings is 1. The fourth-order valence-electron chi connectivity index (χ4n) is 1.77. The lowest BCUT2D eigenvalue weighted by atomic mass is 10.3. The summed E-state index contributed by atoms with van der Waals surface area (Å²) in [5.74, 6) is -0.337. The van der Waals surface area contributed by atoms with Crippen molar-refractivity contribution in [1.29, 1.82) is 0 Å². The zero-order chi connectivity index (χ0) is 14.4. The van der Waals surface area contributed by atoms with Crippen molar-refractivity contribution in [2.75, 3.05) is 20.3 Å². The molecule has 2 N–H and O–H groups in total. The van der Waals surface area contributed by atoms with E-state index in [1.165, 1.54) is 7.11 Å². The molecule has 0 bridgehead atoms. The second kappa shape index (κ2) is 6.83. The molecular weight excluding hydrogens is 258 g/mol. The first-order chi connectivity index (χ1) is 9.74. The third-order valence-electron chi connectivity index (χ3n) is 2.77. The number of methoxy groups -OCH3 is 1. The number of rotatable bonds is 6. The number of amides is 1. The smallest absolute Gasteiger partial charge is 0.272 e. The van der Waals surface area contributed by atoms with Gasteiger partial charge in [0.15, 0.2) is 5.69 Å². The molecule has 2 rings (SSSR count). The van der Waals surface area contributed by atoms with Gasteiger partial charge in [0.25, 0.3) is 5.91 Å². The molecule has 6 heteroatoms. The van der Waals surface area contributed by atoms with E-state index >= 15 is 0 Å². The number of para-hydroxylation sites is 1. The molecule has 0 aliphatic rings. The highest BCUT2D eigenvalue weighted by Gasteiger charge is 2.15. The SMILES string of the molecule is COCC(CO)NC(=O)c1ccn(-c2ccccc2)n1. The third-order valence-corrected chi connectivity index (χ3v) is 2.77. The van der Waals surface area contributed by atoms with Crippen molar-refractivity contribution >= 4 is 5.91 Å². The summed E-state index contributed by atoms with van der Waals surface area (Å²) in [6, 6.07) is 10.7. The Bertz CT molecular complexity index is 554. The lowest BCUT2D eigenvalue weighted by molar-refractivity contribution is 0.0834. The lowest BCUT2D eigenvalue weighted by Gasteiger charge is -2.13. The second-order valence-corrected chi connectivity index (χ2v) is 4.29. The molecule has 0 spiro atoms. The van der Waals surface area contributed by atoms with Crippen LogP contribution >= 0.6 is 0 Å². The fraction of sp³-hybridized carbons (Fsp3) is 0.286. The standard InChI is InChI=1S/C14H17N3O3/c1-20-10-11(9-18)15-14(19)13-7-8-17(16-13)12-5-3-2-4-6-12/h2-8,11,18H,9-10H2,1H3,(H,15,19). The van der Waals surface area contributed by atoms with Gasteiger partial charge < -0.3 is 15.2 Å². The van der Waals surface area contributed by atoms with Gasteiger partial charge in [0, 0.05) is 13.3 Å². The van der Waals surface area contributed by atoms with E-state index in [0.717, 1.165) is 5.69 Å². The maximum Gasteiger partial charge on any atom is 0.272 e. The summed E-state index contributed by atoms with van der Waals surface area (Å²) in [5.41, 5.74) is 1.17. The van der Waals surface area contributed by atoms with Crippen LogP contribution in [-0.2, 0) is 4.74 Å². The van der Waals surface area contributed by atoms with E-state index in [1.807, 2.05) is 30.3 Å². The minimum absolute atomic E-state index is 0.182. The number of aromatic nitrogens is 2. The quantitative estimate of drug-likeness (QED) is 0.810. The van der Waals surface area contributed by atoms with Crippen molar-refractivity contribution in [3.8, 4) is 5.69 Å². The maximum absolute atomic E-state index is 12.0. The highest BCUT2D eigenvalue weighted by Crippen LogP contribution is 2.06. The summed E-state index contributed by atoms with van der Waals surface area (Å²) < 4.78 is 6.53. The molecule has 1 unspecified atom stereocenters. The van der Waals surface area contributed by atoms with Gasteiger partial charge in [-0.2, -0.15) is 5.10 Å². The van der Waals surface area contributed by atoms with Crippen molar-refractivity contribution in [1.82, 2.24) is 15.1 Å². The summed E-state index contributed by atoms with van der Waals surface area (Å²) >= 11 is 0. The number of hydrogen-bond acceptors (Lipinski definition) is 4. The normalized spacial score (nSPS) is 12.1. The van der Waals surface area contributed by atoms with Crippen LogP contribution < -0.4 is 5.32 Å². The molecule has 0 aliphatic carbocycles. The Kier molecular flexibility index (Phi) is 4.86. The largest absolute Gasteiger partial charge is 0.394 e.